The molecule has 0 radical (unpaired) electrons. The predicted octanol–water partition coefficient (Wildman–Crippen LogP) is 2.21. The molecule has 8 heteroatoms. The normalized spacial score (nSPS) is 11.8. The number of carbonyl (C=O) groups is 2. The smallest absolute Gasteiger partial charge is 0.337 e. The summed E-state index contributed by atoms with van der Waals surface area (Å²) in [5.41, 5.74) is -0.855. The van der Waals surface area contributed by atoms with Gasteiger partial charge >= 0.3 is 12.0 Å². The van der Waals surface area contributed by atoms with Crippen LogP contribution in [0.4, 0.5) is 19.3 Å². The Hall–Kier alpha value is -2.22. The van der Waals surface area contributed by atoms with Crippen LogP contribution < -0.4 is 10.6 Å². The second kappa shape index (κ2) is 7.53. The summed E-state index contributed by atoms with van der Waals surface area (Å²) in [6.45, 7) is 2.16. The summed E-state index contributed by atoms with van der Waals surface area (Å²) in [5, 5.41) is 13.6. The largest absolute Gasteiger partial charge is 0.478 e. The van der Waals surface area contributed by atoms with Gasteiger partial charge in [0.1, 0.15) is 0 Å². The topological polar surface area (TPSA) is 87.7 Å². The molecule has 6 nitrogen and oxygen atoms in total. The second-order valence-electron chi connectivity index (χ2n) is 4.40. The molecule has 116 valence electrons. The second-order valence-corrected chi connectivity index (χ2v) is 4.40. The third kappa shape index (κ3) is 4.99. The third-order valence-corrected chi connectivity index (χ3v) is 2.67. The van der Waals surface area contributed by atoms with Crippen molar-refractivity contribution in [2.45, 2.75) is 19.4 Å². The molecule has 1 aromatic rings. The van der Waals surface area contributed by atoms with Gasteiger partial charge in [-0.1, -0.05) is 0 Å². The number of ether oxygens (including phenoxy) is 1. The average Bonchev–Trinajstić information content (AvgIpc) is 2.39. The van der Waals surface area contributed by atoms with Gasteiger partial charge in [0.2, 0.25) is 0 Å². The fourth-order valence-corrected chi connectivity index (χ4v) is 1.58. The van der Waals surface area contributed by atoms with Gasteiger partial charge in [-0.3, -0.25) is 0 Å². The SMILES string of the molecule is COCCC(C)NC(=O)Nc1cc(F)c(F)cc1C(=O)O. The molecule has 0 saturated heterocycles. The van der Waals surface area contributed by atoms with Crippen molar-refractivity contribution in [1.29, 1.82) is 0 Å². The van der Waals surface area contributed by atoms with E-state index in [1.165, 1.54) is 7.11 Å². The maximum Gasteiger partial charge on any atom is 0.337 e. The summed E-state index contributed by atoms with van der Waals surface area (Å²) >= 11 is 0. The first-order valence-electron chi connectivity index (χ1n) is 6.14. The van der Waals surface area contributed by atoms with Crippen molar-refractivity contribution in [2.75, 3.05) is 19.0 Å². The number of nitrogens with one attached hydrogen (secondary N) is 2. The molecule has 21 heavy (non-hydrogen) atoms. The van der Waals surface area contributed by atoms with Gasteiger partial charge in [-0.05, 0) is 19.4 Å². The van der Waals surface area contributed by atoms with Crippen LogP contribution in [0.25, 0.3) is 0 Å². The number of halogens is 2. The molecule has 1 unspecified atom stereocenters. The molecular formula is C13H16F2N2O4. The molecule has 0 heterocycles. The van der Waals surface area contributed by atoms with E-state index in [0.717, 1.165) is 0 Å². The van der Waals surface area contributed by atoms with E-state index < -0.39 is 29.2 Å². The molecule has 0 aliphatic rings. The van der Waals surface area contributed by atoms with Gasteiger partial charge in [-0.15, -0.1) is 0 Å². The van der Waals surface area contributed by atoms with Crippen molar-refractivity contribution >= 4 is 17.7 Å². The maximum absolute atomic E-state index is 13.1. The molecule has 0 bridgehead atoms. The summed E-state index contributed by atoms with van der Waals surface area (Å²) < 4.78 is 31.0. The number of urea groups is 1. The molecule has 1 rings (SSSR count). The summed E-state index contributed by atoms with van der Waals surface area (Å²) in [6, 6.07) is 0.190. The van der Waals surface area contributed by atoms with Gasteiger partial charge in [0, 0.05) is 25.8 Å². The Labute approximate surface area is 120 Å². The number of aromatic carboxylic acids is 1. The highest BCUT2D eigenvalue weighted by Crippen LogP contribution is 2.20. The van der Waals surface area contributed by atoms with Crippen LogP contribution in [0.3, 0.4) is 0 Å². The monoisotopic (exact) mass is 302 g/mol. The van der Waals surface area contributed by atoms with E-state index in [1.54, 1.807) is 6.92 Å². The molecule has 3 N–H and O–H groups in total. The maximum atomic E-state index is 13.1. The standard InChI is InChI=1S/C13H16F2N2O4/c1-7(3-4-21-2)16-13(20)17-11-6-10(15)9(14)5-8(11)12(18)19/h5-7H,3-4H2,1-2H3,(H,18,19)(H2,16,17,20). The fraction of sp³-hybridized carbons (Fsp3) is 0.385. The first kappa shape index (κ1) is 16.8. The zero-order valence-corrected chi connectivity index (χ0v) is 11.6. The molecule has 2 amide bonds. The summed E-state index contributed by atoms with van der Waals surface area (Å²) in [6.07, 6.45) is 0.549. The van der Waals surface area contributed by atoms with E-state index in [2.05, 4.69) is 10.6 Å². The van der Waals surface area contributed by atoms with Gasteiger partial charge in [0.25, 0.3) is 0 Å². The van der Waals surface area contributed by atoms with E-state index in [-0.39, 0.29) is 11.7 Å². The number of carbonyl (C=O) groups excluding carboxylic acids is 1. The van der Waals surface area contributed by atoms with Gasteiger partial charge in [0.05, 0.1) is 11.3 Å². The molecule has 1 atom stereocenters. The van der Waals surface area contributed by atoms with Crippen molar-refractivity contribution in [2.24, 2.45) is 0 Å². The number of benzene rings is 1. The van der Waals surface area contributed by atoms with Crippen LogP contribution in [0.15, 0.2) is 12.1 Å². The predicted molar refractivity (Wildman–Crippen MR) is 71.4 cm³/mol. The van der Waals surface area contributed by atoms with Gasteiger partial charge in [-0.25, -0.2) is 18.4 Å². The van der Waals surface area contributed by atoms with Gasteiger partial charge in [-0.2, -0.15) is 0 Å². The number of hydrogen-bond acceptors (Lipinski definition) is 3. The minimum absolute atomic E-state index is 0.233. The Morgan fingerprint density at radius 2 is 1.95 bits per heavy atom. The van der Waals surface area contributed by atoms with E-state index in [0.29, 0.717) is 25.2 Å². The number of hydrogen-bond donors (Lipinski definition) is 3. The zero-order valence-electron chi connectivity index (χ0n) is 11.6. The van der Waals surface area contributed by atoms with Crippen molar-refractivity contribution < 1.29 is 28.2 Å². The highest BCUT2D eigenvalue weighted by molar-refractivity contribution is 6.00. The molecule has 0 saturated carbocycles. The average molecular weight is 302 g/mol. The van der Waals surface area contributed by atoms with Crippen LogP contribution in [0, 0.1) is 11.6 Å². The number of methoxy groups -OCH3 is 1. The Morgan fingerprint density at radius 3 is 2.52 bits per heavy atom. The number of carboxylic acids is 1. The molecule has 1 aromatic carbocycles. The van der Waals surface area contributed by atoms with Gasteiger partial charge < -0.3 is 20.5 Å². The number of amides is 2. The van der Waals surface area contributed by atoms with Crippen LogP contribution in [0.2, 0.25) is 0 Å². The summed E-state index contributed by atoms with van der Waals surface area (Å²) in [4.78, 5) is 22.6. The van der Waals surface area contributed by atoms with Crippen LogP contribution in [-0.2, 0) is 4.74 Å². The molecule has 0 spiro atoms. The highest BCUT2D eigenvalue weighted by Gasteiger charge is 2.17. The Bertz CT molecular complexity index is 537. The van der Waals surface area contributed by atoms with Crippen molar-refractivity contribution in [1.82, 2.24) is 5.32 Å². The van der Waals surface area contributed by atoms with E-state index in [9.17, 15) is 18.4 Å². The lowest BCUT2D eigenvalue weighted by Gasteiger charge is -2.15. The van der Waals surface area contributed by atoms with Gasteiger partial charge in [0.15, 0.2) is 11.6 Å². The van der Waals surface area contributed by atoms with Crippen LogP contribution in [0.5, 0.6) is 0 Å². The first-order chi connectivity index (χ1) is 9.85. The molecule has 0 aromatic heterocycles. The molecular weight excluding hydrogens is 286 g/mol. The van der Waals surface area contributed by atoms with Crippen LogP contribution in [0.1, 0.15) is 23.7 Å². The number of anilines is 1. The fourth-order valence-electron chi connectivity index (χ4n) is 1.58. The molecule has 0 aliphatic heterocycles. The minimum atomic E-state index is -1.48. The Balaban J connectivity index is 2.80. The zero-order chi connectivity index (χ0) is 16.0. The highest BCUT2D eigenvalue weighted by atomic mass is 19.2. The van der Waals surface area contributed by atoms with E-state index in [1.807, 2.05) is 0 Å². The lowest BCUT2D eigenvalue weighted by Crippen LogP contribution is -2.37. The molecule has 0 fully saturated rings. The van der Waals surface area contributed by atoms with Crippen LogP contribution >= 0.6 is 0 Å². The third-order valence-electron chi connectivity index (χ3n) is 2.67. The summed E-state index contributed by atoms with van der Waals surface area (Å²) in [7, 11) is 1.52. The number of carboxylic acid groups (broad SMARTS) is 1. The van der Waals surface area contributed by atoms with Crippen molar-refractivity contribution in [3.05, 3.63) is 29.3 Å². The van der Waals surface area contributed by atoms with E-state index >= 15 is 0 Å². The Kier molecular flexibility index (Phi) is 6.04. The van der Waals surface area contributed by atoms with Crippen molar-refractivity contribution in [3.8, 4) is 0 Å². The number of rotatable bonds is 6. The van der Waals surface area contributed by atoms with Crippen LogP contribution in [-0.4, -0.2) is 36.9 Å². The minimum Gasteiger partial charge on any atom is -0.478 e. The van der Waals surface area contributed by atoms with E-state index in [4.69, 9.17) is 9.84 Å². The molecule has 0 aliphatic carbocycles. The Morgan fingerprint density at radius 1 is 1.33 bits per heavy atom. The van der Waals surface area contributed by atoms with Crippen molar-refractivity contribution in [3.63, 3.8) is 0 Å². The lowest BCUT2D eigenvalue weighted by molar-refractivity contribution is 0.0697. The quantitative estimate of drug-likeness (QED) is 0.752. The first-order valence-corrected chi connectivity index (χ1v) is 6.14. The lowest BCUT2D eigenvalue weighted by atomic mass is 10.1. The summed E-state index contributed by atoms with van der Waals surface area (Å²) in [5.74, 6) is -4.02.